The zero-order valence-electron chi connectivity index (χ0n) is 10.0. The predicted molar refractivity (Wildman–Crippen MR) is 68.3 cm³/mol. The molecule has 6 heteroatoms. The molecule has 19 heavy (non-hydrogen) atoms. The smallest absolute Gasteiger partial charge is 0.261 e. The van der Waals surface area contributed by atoms with Crippen LogP contribution < -0.4 is 4.72 Å². The maximum absolute atomic E-state index is 13.0. The average Bonchev–Trinajstić information content (AvgIpc) is 2.34. The number of aryl methyl sites for hydroxylation is 1. The third kappa shape index (κ3) is 3.08. The fourth-order valence-electron chi connectivity index (χ4n) is 1.49. The molecular weight excluding hydrogens is 272 g/mol. The molecule has 0 atom stereocenters. The van der Waals surface area contributed by atoms with Crippen LogP contribution in [0.25, 0.3) is 0 Å². The van der Waals surface area contributed by atoms with Crippen molar-refractivity contribution < 1.29 is 17.2 Å². The first-order valence-corrected chi connectivity index (χ1v) is 6.91. The first-order chi connectivity index (χ1) is 8.88. The summed E-state index contributed by atoms with van der Waals surface area (Å²) in [5, 5.41) is 0. The summed E-state index contributed by atoms with van der Waals surface area (Å²) in [5.74, 6) is -2.14. The van der Waals surface area contributed by atoms with Gasteiger partial charge in [0.05, 0.1) is 10.6 Å². The highest BCUT2D eigenvalue weighted by atomic mass is 32.2. The Kier molecular flexibility index (Phi) is 3.53. The van der Waals surface area contributed by atoms with Crippen molar-refractivity contribution in [3.8, 4) is 0 Å². The third-order valence-electron chi connectivity index (χ3n) is 2.50. The number of halogens is 2. The fourth-order valence-corrected chi connectivity index (χ4v) is 2.54. The molecule has 3 nitrogen and oxygen atoms in total. The summed E-state index contributed by atoms with van der Waals surface area (Å²) in [4.78, 5) is 0.0582. The molecular formula is C13H11F2NO2S. The Hall–Kier alpha value is -1.95. The van der Waals surface area contributed by atoms with E-state index in [-0.39, 0.29) is 10.6 Å². The summed E-state index contributed by atoms with van der Waals surface area (Å²) in [6, 6.07) is 9.00. The molecule has 0 radical (unpaired) electrons. The van der Waals surface area contributed by atoms with Crippen LogP contribution in [-0.2, 0) is 10.0 Å². The Morgan fingerprint density at radius 1 is 0.947 bits per heavy atom. The molecule has 100 valence electrons. The highest BCUT2D eigenvalue weighted by Gasteiger charge is 2.14. The first-order valence-electron chi connectivity index (χ1n) is 5.43. The van der Waals surface area contributed by atoms with Gasteiger partial charge in [-0.15, -0.1) is 0 Å². The molecule has 0 aliphatic carbocycles. The molecule has 0 saturated carbocycles. The van der Waals surface area contributed by atoms with Gasteiger partial charge in [-0.05, 0) is 31.2 Å². The lowest BCUT2D eigenvalue weighted by Crippen LogP contribution is -2.13. The van der Waals surface area contributed by atoms with Crippen molar-refractivity contribution in [3.05, 3.63) is 59.7 Å². The van der Waals surface area contributed by atoms with Gasteiger partial charge in [-0.25, -0.2) is 17.2 Å². The van der Waals surface area contributed by atoms with Gasteiger partial charge in [0.2, 0.25) is 0 Å². The van der Waals surface area contributed by atoms with Crippen molar-refractivity contribution in [3.63, 3.8) is 0 Å². The first kappa shape index (κ1) is 13.5. The van der Waals surface area contributed by atoms with Gasteiger partial charge in [0, 0.05) is 6.07 Å². The molecule has 1 N–H and O–H groups in total. The molecule has 0 saturated heterocycles. The Morgan fingerprint density at radius 3 is 2.16 bits per heavy atom. The topological polar surface area (TPSA) is 46.2 Å². The molecule has 0 heterocycles. The van der Waals surface area contributed by atoms with E-state index in [2.05, 4.69) is 4.72 Å². The molecule has 0 amide bonds. The minimum atomic E-state index is -3.80. The van der Waals surface area contributed by atoms with Gasteiger partial charge in [-0.1, -0.05) is 17.7 Å². The van der Waals surface area contributed by atoms with Crippen LogP contribution in [0.3, 0.4) is 0 Å². The number of sulfonamides is 1. The normalized spacial score (nSPS) is 11.3. The second-order valence-electron chi connectivity index (χ2n) is 4.05. The number of hydrogen-bond acceptors (Lipinski definition) is 2. The second kappa shape index (κ2) is 4.97. The lowest BCUT2D eigenvalue weighted by atomic mass is 10.2. The van der Waals surface area contributed by atoms with Gasteiger partial charge in [0.25, 0.3) is 10.0 Å². The van der Waals surface area contributed by atoms with E-state index in [0.29, 0.717) is 0 Å². The molecule has 0 aliphatic heterocycles. The number of benzene rings is 2. The van der Waals surface area contributed by atoms with Crippen LogP contribution in [-0.4, -0.2) is 8.42 Å². The minimum Gasteiger partial charge on any atom is -0.280 e. The summed E-state index contributed by atoms with van der Waals surface area (Å²) >= 11 is 0. The van der Waals surface area contributed by atoms with E-state index in [1.807, 2.05) is 6.92 Å². The monoisotopic (exact) mass is 283 g/mol. The van der Waals surface area contributed by atoms with E-state index in [1.54, 1.807) is 12.1 Å². The van der Waals surface area contributed by atoms with Crippen LogP contribution in [0.2, 0.25) is 0 Å². The zero-order valence-corrected chi connectivity index (χ0v) is 10.8. The maximum Gasteiger partial charge on any atom is 0.261 e. The van der Waals surface area contributed by atoms with E-state index in [0.717, 1.165) is 23.8 Å². The highest BCUT2D eigenvalue weighted by molar-refractivity contribution is 7.92. The highest BCUT2D eigenvalue weighted by Crippen LogP contribution is 2.18. The van der Waals surface area contributed by atoms with E-state index in [9.17, 15) is 17.2 Å². The lowest BCUT2D eigenvalue weighted by Gasteiger charge is -2.08. The van der Waals surface area contributed by atoms with Crippen LogP contribution in [0.15, 0.2) is 47.4 Å². The van der Waals surface area contributed by atoms with Crippen molar-refractivity contribution in [1.29, 1.82) is 0 Å². The number of hydrogen-bond donors (Lipinski definition) is 1. The molecule has 0 bridgehead atoms. The number of nitrogens with one attached hydrogen (secondary N) is 1. The fraction of sp³-hybridized carbons (Fsp3) is 0.0769. The lowest BCUT2D eigenvalue weighted by molar-refractivity contribution is 0.509. The summed E-state index contributed by atoms with van der Waals surface area (Å²) in [6.45, 7) is 1.83. The standard InChI is InChI=1S/C13H11F2NO2S/c1-9-2-5-11(6-3-9)19(17,18)16-10-4-7-12(14)13(15)8-10/h2-8,16H,1H3. The Labute approximate surface area is 109 Å². The van der Waals surface area contributed by atoms with E-state index in [4.69, 9.17) is 0 Å². The maximum atomic E-state index is 13.0. The Balaban J connectivity index is 2.30. The summed E-state index contributed by atoms with van der Waals surface area (Å²) in [7, 11) is -3.80. The number of anilines is 1. The van der Waals surface area contributed by atoms with Gasteiger partial charge in [-0.3, -0.25) is 4.72 Å². The second-order valence-corrected chi connectivity index (χ2v) is 5.73. The largest absolute Gasteiger partial charge is 0.280 e. The van der Waals surface area contributed by atoms with Crippen LogP contribution in [0, 0.1) is 18.6 Å². The molecule has 0 spiro atoms. The summed E-state index contributed by atoms with van der Waals surface area (Å²) < 4.78 is 51.9. The number of rotatable bonds is 3. The van der Waals surface area contributed by atoms with Crippen molar-refractivity contribution in [2.75, 3.05) is 4.72 Å². The quantitative estimate of drug-likeness (QED) is 0.941. The van der Waals surface area contributed by atoms with Gasteiger partial charge in [0.1, 0.15) is 0 Å². The predicted octanol–water partition coefficient (Wildman–Crippen LogP) is 3.07. The van der Waals surface area contributed by atoms with Gasteiger partial charge < -0.3 is 0 Å². The molecule has 2 aromatic carbocycles. The van der Waals surface area contributed by atoms with E-state index < -0.39 is 21.7 Å². The van der Waals surface area contributed by atoms with Gasteiger partial charge >= 0.3 is 0 Å². The minimum absolute atomic E-state index is 0.0283. The van der Waals surface area contributed by atoms with Crippen LogP contribution in [0.5, 0.6) is 0 Å². The molecule has 0 fully saturated rings. The van der Waals surface area contributed by atoms with Crippen LogP contribution in [0.4, 0.5) is 14.5 Å². The van der Waals surface area contributed by atoms with Crippen molar-refractivity contribution in [2.24, 2.45) is 0 Å². The van der Waals surface area contributed by atoms with Crippen molar-refractivity contribution in [2.45, 2.75) is 11.8 Å². The molecule has 2 aromatic rings. The van der Waals surface area contributed by atoms with Gasteiger partial charge in [0.15, 0.2) is 11.6 Å². The van der Waals surface area contributed by atoms with Crippen molar-refractivity contribution in [1.82, 2.24) is 0 Å². The Bertz CT molecular complexity index is 697. The molecule has 0 aromatic heterocycles. The van der Waals surface area contributed by atoms with Crippen LogP contribution >= 0.6 is 0 Å². The Morgan fingerprint density at radius 2 is 1.58 bits per heavy atom. The summed E-state index contributed by atoms with van der Waals surface area (Å²) in [6.07, 6.45) is 0. The third-order valence-corrected chi connectivity index (χ3v) is 3.90. The average molecular weight is 283 g/mol. The van der Waals surface area contributed by atoms with Crippen LogP contribution in [0.1, 0.15) is 5.56 Å². The van der Waals surface area contributed by atoms with E-state index in [1.165, 1.54) is 12.1 Å². The molecule has 2 rings (SSSR count). The molecule has 0 unspecified atom stereocenters. The SMILES string of the molecule is Cc1ccc(S(=O)(=O)Nc2ccc(F)c(F)c2)cc1. The zero-order chi connectivity index (χ0) is 14.0. The van der Waals surface area contributed by atoms with E-state index >= 15 is 0 Å². The van der Waals surface area contributed by atoms with Gasteiger partial charge in [-0.2, -0.15) is 0 Å². The summed E-state index contributed by atoms with van der Waals surface area (Å²) in [5.41, 5.74) is 0.895. The molecule has 0 aliphatic rings. The van der Waals surface area contributed by atoms with Crippen molar-refractivity contribution >= 4 is 15.7 Å².